The number of pyridine rings is 2. The summed E-state index contributed by atoms with van der Waals surface area (Å²) in [5, 5.41) is 17.1. The lowest BCUT2D eigenvalue weighted by Crippen LogP contribution is -2.31. The number of amides is 1. The van der Waals surface area contributed by atoms with Gasteiger partial charge in [-0.1, -0.05) is 0 Å². The van der Waals surface area contributed by atoms with Crippen LogP contribution >= 0.6 is 0 Å². The van der Waals surface area contributed by atoms with Gasteiger partial charge in [0.2, 0.25) is 0 Å². The molecule has 0 unspecified atom stereocenters. The molecule has 32 heavy (non-hydrogen) atoms. The molecule has 9 nitrogen and oxygen atoms in total. The third-order valence-electron chi connectivity index (χ3n) is 4.84. The highest BCUT2D eigenvalue weighted by atomic mass is 32.2. The van der Waals surface area contributed by atoms with Crippen LogP contribution in [-0.4, -0.2) is 52.0 Å². The topological polar surface area (TPSA) is 127 Å². The van der Waals surface area contributed by atoms with Gasteiger partial charge in [0, 0.05) is 24.0 Å². The van der Waals surface area contributed by atoms with Crippen molar-refractivity contribution in [1.82, 2.24) is 25.1 Å². The van der Waals surface area contributed by atoms with Gasteiger partial charge in [0.05, 0.1) is 41.8 Å². The summed E-state index contributed by atoms with van der Waals surface area (Å²) >= 11 is 0. The van der Waals surface area contributed by atoms with Crippen LogP contribution in [0.3, 0.4) is 0 Å². The van der Waals surface area contributed by atoms with Crippen molar-refractivity contribution in [3.63, 3.8) is 0 Å². The first kappa shape index (κ1) is 21.5. The van der Waals surface area contributed by atoms with Gasteiger partial charge >= 0.3 is 0 Å². The van der Waals surface area contributed by atoms with Crippen LogP contribution in [0.15, 0.2) is 66.2 Å². The first-order valence-corrected chi connectivity index (χ1v) is 11.3. The molecule has 0 radical (unpaired) electrons. The highest BCUT2D eigenvalue weighted by Gasteiger charge is 2.20. The van der Waals surface area contributed by atoms with Crippen LogP contribution < -0.4 is 5.32 Å². The van der Waals surface area contributed by atoms with Crippen LogP contribution in [0.25, 0.3) is 16.6 Å². The van der Waals surface area contributed by atoms with E-state index in [2.05, 4.69) is 20.4 Å². The highest BCUT2D eigenvalue weighted by molar-refractivity contribution is 7.90. The zero-order valence-electron chi connectivity index (χ0n) is 16.8. The van der Waals surface area contributed by atoms with E-state index < -0.39 is 28.4 Å². The molecule has 0 spiro atoms. The molecule has 0 saturated carbocycles. The van der Waals surface area contributed by atoms with E-state index in [1.807, 2.05) is 0 Å². The normalized spacial score (nSPS) is 12.6. The lowest BCUT2D eigenvalue weighted by molar-refractivity contribution is 0.0917. The number of hydrogen-bond acceptors (Lipinski definition) is 7. The van der Waals surface area contributed by atoms with Crippen molar-refractivity contribution in [2.45, 2.75) is 11.1 Å². The number of fused-ring (bicyclic) bond motifs is 1. The Balaban J connectivity index is 1.66. The summed E-state index contributed by atoms with van der Waals surface area (Å²) in [5.41, 5.74) is 1.73. The second-order valence-corrected chi connectivity index (χ2v) is 9.02. The predicted octanol–water partition coefficient (Wildman–Crippen LogP) is 1.82. The molecule has 1 aromatic carbocycles. The molecule has 0 aliphatic heterocycles. The summed E-state index contributed by atoms with van der Waals surface area (Å²) in [6, 6.07) is 7.67. The summed E-state index contributed by atoms with van der Waals surface area (Å²) < 4.78 is 38.3. The van der Waals surface area contributed by atoms with Crippen LogP contribution in [0.5, 0.6) is 0 Å². The summed E-state index contributed by atoms with van der Waals surface area (Å²) in [5.74, 6) is -0.910. The van der Waals surface area contributed by atoms with Crippen molar-refractivity contribution in [3.05, 3.63) is 78.1 Å². The number of aliphatic hydroxyl groups excluding tert-OH is 1. The number of carbonyl (C=O) groups excluding carboxylic acids is 1. The Morgan fingerprint density at radius 1 is 1.19 bits per heavy atom. The Labute approximate surface area is 182 Å². The molecular formula is C21H18FN5O4S. The van der Waals surface area contributed by atoms with Gasteiger partial charge in [-0.25, -0.2) is 22.5 Å². The van der Waals surface area contributed by atoms with Crippen molar-refractivity contribution in [2.24, 2.45) is 0 Å². The average molecular weight is 455 g/mol. The molecule has 2 N–H and O–H groups in total. The highest BCUT2D eigenvalue weighted by Crippen LogP contribution is 2.22. The van der Waals surface area contributed by atoms with Gasteiger partial charge in [0.15, 0.2) is 14.9 Å². The van der Waals surface area contributed by atoms with Crippen LogP contribution in [0, 0.1) is 5.82 Å². The SMILES string of the molecule is CS(=O)(=O)c1cc([C@H](CO)NC(=O)c2cncc3c2cnn3-c2ccc(F)cc2)ccn1. The molecule has 164 valence electrons. The number of rotatable bonds is 6. The largest absolute Gasteiger partial charge is 0.394 e. The fraction of sp³-hybridized carbons (Fsp3) is 0.143. The van der Waals surface area contributed by atoms with E-state index >= 15 is 0 Å². The maximum absolute atomic E-state index is 13.2. The van der Waals surface area contributed by atoms with Crippen LogP contribution in [0.1, 0.15) is 22.0 Å². The molecule has 11 heteroatoms. The van der Waals surface area contributed by atoms with Gasteiger partial charge in [-0.2, -0.15) is 5.10 Å². The van der Waals surface area contributed by atoms with Crippen LogP contribution in [0.4, 0.5) is 4.39 Å². The number of nitrogens with zero attached hydrogens (tertiary/aromatic N) is 4. The van der Waals surface area contributed by atoms with E-state index in [-0.39, 0.29) is 16.4 Å². The van der Waals surface area contributed by atoms with E-state index in [1.165, 1.54) is 53.7 Å². The third-order valence-corrected chi connectivity index (χ3v) is 5.83. The molecular weight excluding hydrogens is 437 g/mol. The first-order valence-electron chi connectivity index (χ1n) is 9.43. The second-order valence-electron chi connectivity index (χ2n) is 7.06. The van der Waals surface area contributed by atoms with E-state index in [4.69, 9.17) is 0 Å². The van der Waals surface area contributed by atoms with Gasteiger partial charge in [0.25, 0.3) is 5.91 Å². The zero-order valence-corrected chi connectivity index (χ0v) is 17.6. The summed E-state index contributed by atoms with van der Waals surface area (Å²) in [6.07, 6.45) is 6.73. The summed E-state index contributed by atoms with van der Waals surface area (Å²) in [7, 11) is -3.55. The lowest BCUT2D eigenvalue weighted by atomic mass is 10.1. The standard InChI is InChI=1S/C21H18FN5O4S/c1-32(30,31)20-8-13(6-7-24-20)18(12-28)26-21(29)17-9-23-11-19-16(17)10-25-27(19)15-4-2-14(22)3-5-15/h2-11,18,28H,12H2,1H3,(H,26,29)/t18-/m0/s1. The van der Waals surface area contributed by atoms with Crippen molar-refractivity contribution < 1.29 is 22.7 Å². The Hall–Kier alpha value is -3.70. The minimum atomic E-state index is -3.55. The molecule has 0 bridgehead atoms. The molecule has 1 amide bonds. The van der Waals surface area contributed by atoms with Crippen LogP contribution in [0.2, 0.25) is 0 Å². The van der Waals surface area contributed by atoms with Gasteiger partial charge in [0.1, 0.15) is 5.82 Å². The molecule has 1 atom stereocenters. The molecule has 0 aliphatic rings. The van der Waals surface area contributed by atoms with E-state index in [1.54, 1.807) is 12.1 Å². The van der Waals surface area contributed by atoms with Gasteiger partial charge in [-0.05, 0) is 42.0 Å². The Bertz CT molecular complexity index is 1400. The molecule has 0 fully saturated rings. The lowest BCUT2D eigenvalue weighted by Gasteiger charge is -2.17. The number of halogens is 1. The number of carbonyl (C=O) groups is 1. The van der Waals surface area contributed by atoms with Crippen molar-refractivity contribution in [1.29, 1.82) is 0 Å². The smallest absolute Gasteiger partial charge is 0.254 e. The minimum absolute atomic E-state index is 0.160. The first-order chi connectivity index (χ1) is 15.3. The molecule has 0 saturated heterocycles. The van der Waals surface area contributed by atoms with Gasteiger partial charge in [-0.3, -0.25) is 9.78 Å². The number of sulfone groups is 1. The minimum Gasteiger partial charge on any atom is -0.394 e. The fourth-order valence-electron chi connectivity index (χ4n) is 3.23. The number of hydrogen-bond donors (Lipinski definition) is 2. The molecule has 4 aromatic rings. The monoisotopic (exact) mass is 455 g/mol. The van der Waals surface area contributed by atoms with Crippen molar-refractivity contribution >= 4 is 26.6 Å². The predicted molar refractivity (Wildman–Crippen MR) is 113 cm³/mol. The number of aromatic nitrogens is 4. The molecule has 0 aliphatic carbocycles. The maximum Gasteiger partial charge on any atom is 0.254 e. The van der Waals surface area contributed by atoms with Gasteiger partial charge < -0.3 is 10.4 Å². The zero-order chi connectivity index (χ0) is 22.9. The molecule has 4 rings (SSSR count). The van der Waals surface area contributed by atoms with E-state index in [0.29, 0.717) is 22.2 Å². The average Bonchev–Trinajstić information content (AvgIpc) is 3.21. The summed E-state index contributed by atoms with van der Waals surface area (Å²) in [6.45, 7) is -0.461. The summed E-state index contributed by atoms with van der Waals surface area (Å²) in [4.78, 5) is 20.9. The number of benzene rings is 1. The Morgan fingerprint density at radius 2 is 1.94 bits per heavy atom. The van der Waals surface area contributed by atoms with E-state index in [9.17, 15) is 22.7 Å². The fourth-order valence-corrected chi connectivity index (χ4v) is 3.83. The third kappa shape index (κ3) is 4.20. The van der Waals surface area contributed by atoms with Crippen molar-refractivity contribution in [2.75, 3.05) is 12.9 Å². The quantitative estimate of drug-likeness (QED) is 0.454. The molecule has 3 heterocycles. The van der Waals surface area contributed by atoms with Crippen LogP contribution in [-0.2, 0) is 9.84 Å². The van der Waals surface area contributed by atoms with Gasteiger partial charge in [-0.15, -0.1) is 0 Å². The number of aliphatic hydroxyl groups is 1. The Morgan fingerprint density at radius 3 is 2.62 bits per heavy atom. The molecule has 3 aromatic heterocycles. The van der Waals surface area contributed by atoms with E-state index in [0.717, 1.165) is 6.26 Å². The van der Waals surface area contributed by atoms with Crippen molar-refractivity contribution in [3.8, 4) is 5.69 Å². The Kier molecular flexibility index (Phi) is 5.68. The maximum atomic E-state index is 13.2. The second kappa shape index (κ2) is 8.44. The number of nitrogens with one attached hydrogen (secondary N) is 1.